The van der Waals surface area contributed by atoms with Gasteiger partial charge in [-0.15, -0.1) is 21.5 Å². The molecule has 1 amide bonds. The summed E-state index contributed by atoms with van der Waals surface area (Å²) in [5.41, 5.74) is 2.06. The minimum Gasteiger partial charge on any atom is -0.296 e. The van der Waals surface area contributed by atoms with E-state index in [4.69, 9.17) is 0 Å². The zero-order valence-corrected chi connectivity index (χ0v) is 14.1. The highest BCUT2D eigenvalue weighted by molar-refractivity contribution is 7.15. The first-order valence-corrected chi connectivity index (χ1v) is 8.98. The Labute approximate surface area is 132 Å². The Morgan fingerprint density at radius 1 is 1.43 bits per heavy atom. The predicted molar refractivity (Wildman–Crippen MR) is 87.5 cm³/mol. The monoisotopic (exact) mass is 321 g/mol. The summed E-state index contributed by atoms with van der Waals surface area (Å²) in [6.07, 6.45) is 3.28. The first-order chi connectivity index (χ1) is 10.0. The van der Waals surface area contributed by atoms with E-state index in [0.717, 1.165) is 29.3 Å². The van der Waals surface area contributed by atoms with Crippen LogP contribution >= 0.6 is 22.7 Å². The molecule has 2 aromatic heterocycles. The smallest absolute Gasteiger partial charge is 0.258 e. The molecule has 112 valence electrons. The molecule has 0 radical (unpaired) electrons. The van der Waals surface area contributed by atoms with Crippen LogP contribution in [0.3, 0.4) is 0 Å². The summed E-state index contributed by atoms with van der Waals surface area (Å²) in [6, 6.07) is 0. The third-order valence-electron chi connectivity index (χ3n) is 3.80. The van der Waals surface area contributed by atoms with Crippen molar-refractivity contribution in [1.82, 2.24) is 10.2 Å². The highest BCUT2D eigenvalue weighted by Crippen LogP contribution is 2.33. The molecule has 2 aromatic rings. The van der Waals surface area contributed by atoms with Gasteiger partial charge in [0, 0.05) is 16.2 Å². The summed E-state index contributed by atoms with van der Waals surface area (Å²) in [4.78, 5) is 13.8. The van der Waals surface area contributed by atoms with Gasteiger partial charge < -0.3 is 0 Å². The van der Waals surface area contributed by atoms with Gasteiger partial charge in [-0.05, 0) is 30.7 Å². The molecule has 0 aliphatic heterocycles. The van der Waals surface area contributed by atoms with E-state index >= 15 is 0 Å². The van der Waals surface area contributed by atoms with Gasteiger partial charge in [-0.3, -0.25) is 10.1 Å². The molecule has 0 spiro atoms. The van der Waals surface area contributed by atoms with Crippen molar-refractivity contribution in [3.05, 3.63) is 26.4 Å². The van der Waals surface area contributed by atoms with Gasteiger partial charge in [0.15, 0.2) is 0 Å². The fraction of sp³-hybridized carbons (Fsp3) is 0.533. The third-order valence-corrected chi connectivity index (χ3v) is 5.99. The quantitative estimate of drug-likeness (QED) is 0.926. The summed E-state index contributed by atoms with van der Waals surface area (Å²) in [5.74, 6) is 1.01. The summed E-state index contributed by atoms with van der Waals surface area (Å²) < 4.78 is 0. The van der Waals surface area contributed by atoms with Gasteiger partial charge >= 0.3 is 0 Å². The molecule has 21 heavy (non-hydrogen) atoms. The molecule has 1 aliphatic rings. The van der Waals surface area contributed by atoms with Crippen molar-refractivity contribution >= 4 is 33.7 Å². The Morgan fingerprint density at radius 3 is 2.95 bits per heavy atom. The lowest BCUT2D eigenvalue weighted by Gasteiger charge is -2.18. The molecule has 2 heterocycles. The molecule has 3 rings (SSSR count). The second-order valence-electron chi connectivity index (χ2n) is 5.95. The number of anilines is 1. The number of rotatable bonds is 3. The van der Waals surface area contributed by atoms with E-state index in [1.165, 1.54) is 28.2 Å². The van der Waals surface area contributed by atoms with Crippen molar-refractivity contribution in [2.24, 2.45) is 5.92 Å². The van der Waals surface area contributed by atoms with Gasteiger partial charge in [0.1, 0.15) is 5.01 Å². The molecule has 0 saturated carbocycles. The summed E-state index contributed by atoms with van der Waals surface area (Å²) in [6.45, 7) is 6.42. The van der Waals surface area contributed by atoms with E-state index < -0.39 is 0 Å². The largest absolute Gasteiger partial charge is 0.296 e. The van der Waals surface area contributed by atoms with Crippen molar-refractivity contribution in [3.8, 4) is 0 Å². The fourth-order valence-electron chi connectivity index (χ4n) is 2.55. The number of carbonyl (C=O) groups excluding carboxylic acids is 1. The summed E-state index contributed by atoms with van der Waals surface area (Å²) in [7, 11) is 0. The van der Waals surface area contributed by atoms with Crippen molar-refractivity contribution in [1.29, 1.82) is 0 Å². The van der Waals surface area contributed by atoms with Crippen LogP contribution in [0.4, 0.5) is 5.13 Å². The van der Waals surface area contributed by atoms with Crippen LogP contribution in [-0.2, 0) is 12.8 Å². The molecule has 0 aromatic carbocycles. The van der Waals surface area contributed by atoms with Crippen LogP contribution in [0.5, 0.6) is 0 Å². The number of nitrogens with zero attached hydrogens (tertiary/aromatic N) is 2. The molecule has 1 atom stereocenters. The zero-order valence-electron chi connectivity index (χ0n) is 12.5. The minimum atomic E-state index is -0.0477. The van der Waals surface area contributed by atoms with E-state index in [-0.39, 0.29) is 5.91 Å². The lowest BCUT2D eigenvalue weighted by Crippen LogP contribution is -2.16. The zero-order chi connectivity index (χ0) is 15.0. The molecule has 1 aliphatic carbocycles. The van der Waals surface area contributed by atoms with Gasteiger partial charge in [0.2, 0.25) is 5.13 Å². The van der Waals surface area contributed by atoms with Crippen LogP contribution in [0.1, 0.15) is 58.9 Å². The average Bonchev–Trinajstić information content (AvgIpc) is 3.04. The second-order valence-corrected chi connectivity index (χ2v) is 7.93. The van der Waals surface area contributed by atoms with Gasteiger partial charge in [-0.2, -0.15) is 0 Å². The van der Waals surface area contributed by atoms with Crippen molar-refractivity contribution in [2.45, 2.75) is 46.0 Å². The molecule has 0 saturated heterocycles. The molecule has 0 fully saturated rings. The standard InChI is InChI=1S/C15H19N3OS2/c1-8(2)14-17-18-15(21-14)16-13(19)11-7-20-12-6-9(3)4-5-10(11)12/h7-9H,4-6H2,1-3H3,(H,16,18,19)/t9-/m1/s1. The average molecular weight is 321 g/mol. The first-order valence-electron chi connectivity index (χ1n) is 7.28. The van der Waals surface area contributed by atoms with E-state index in [9.17, 15) is 4.79 Å². The van der Waals surface area contributed by atoms with Crippen molar-refractivity contribution in [2.75, 3.05) is 5.32 Å². The van der Waals surface area contributed by atoms with E-state index in [1.54, 1.807) is 11.3 Å². The normalized spacial score (nSPS) is 17.8. The SMILES string of the molecule is CC(C)c1nnc(NC(=O)c2csc3c2CC[C@@H](C)C3)s1. The molecule has 6 heteroatoms. The number of fused-ring (bicyclic) bond motifs is 1. The number of nitrogens with one attached hydrogen (secondary N) is 1. The minimum absolute atomic E-state index is 0.0477. The Morgan fingerprint density at radius 2 is 2.24 bits per heavy atom. The van der Waals surface area contributed by atoms with Gasteiger partial charge in [0.05, 0.1) is 5.56 Å². The van der Waals surface area contributed by atoms with Crippen molar-refractivity contribution < 1.29 is 4.79 Å². The lowest BCUT2D eigenvalue weighted by atomic mass is 9.88. The topological polar surface area (TPSA) is 54.9 Å². The molecular formula is C15H19N3OS2. The van der Waals surface area contributed by atoms with E-state index in [1.807, 2.05) is 5.38 Å². The second kappa shape index (κ2) is 5.85. The Balaban J connectivity index is 1.76. The maximum absolute atomic E-state index is 12.4. The fourth-order valence-corrected chi connectivity index (χ4v) is 4.54. The molecule has 4 nitrogen and oxygen atoms in total. The lowest BCUT2D eigenvalue weighted by molar-refractivity contribution is 0.102. The maximum atomic E-state index is 12.4. The number of amides is 1. The number of hydrogen-bond acceptors (Lipinski definition) is 5. The molecule has 0 unspecified atom stereocenters. The highest BCUT2D eigenvalue weighted by atomic mass is 32.1. The van der Waals surface area contributed by atoms with Gasteiger partial charge in [-0.1, -0.05) is 32.1 Å². The number of hydrogen-bond donors (Lipinski definition) is 1. The van der Waals surface area contributed by atoms with Crippen LogP contribution in [0.2, 0.25) is 0 Å². The number of thiophene rings is 1. The van der Waals surface area contributed by atoms with Crippen LogP contribution in [0.25, 0.3) is 0 Å². The number of aromatic nitrogens is 2. The van der Waals surface area contributed by atoms with E-state index in [0.29, 0.717) is 11.0 Å². The third kappa shape index (κ3) is 3.01. The molecule has 1 N–H and O–H groups in total. The molecular weight excluding hydrogens is 302 g/mol. The summed E-state index contributed by atoms with van der Waals surface area (Å²) >= 11 is 3.16. The van der Waals surface area contributed by atoms with Crippen LogP contribution in [0, 0.1) is 5.92 Å². The number of carbonyl (C=O) groups is 1. The van der Waals surface area contributed by atoms with Crippen molar-refractivity contribution in [3.63, 3.8) is 0 Å². The van der Waals surface area contributed by atoms with E-state index in [2.05, 4.69) is 36.3 Å². The predicted octanol–water partition coefficient (Wildman–Crippen LogP) is 4.10. The molecule has 0 bridgehead atoms. The van der Waals surface area contributed by atoms with Crippen LogP contribution in [0.15, 0.2) is 5.38 Å². The van der Waals surface area contributed by atoms with Crippen LogP contribution in [-0.4, -0.2) is 16.1 Å². The Hall–Kier alpha value is -1.27. The van der Waals surface area contributed by atoms with Gasteiger partial charge in [-0.25, -0.2) is 0 Å². The first kappa shape index (κ1) is 14.7. The highest BCUT2D eigenvalue weighted by Gasteiger charge is 2.23. The Kier molecular flexibility index (Phi) is 4.08. The Bertz CT molecular complexity index is 660. The van der Waals surface area contributed by atoms with Gasteiger partial charge in [0.25, 0.3) is 5.91 Å². The maximum Gasteiger partial charge on any atom is 0.258 e. The summed E-state index contributed by atoms with van der Waals surface area (Å²) in [5, 5.41) is 14.6. The van der Waals surface area contributed by atoms with Crippen LogP contribution < -0.4 is 5.32 Å².